The minimum Gasteiger partial charge on any atom is -0.371 e. The van der Waals surface area contributed by atoms with E-state index in [1.54, 1.807) is 5.38 Å². The zero-order valence-corrected chi connectivity index (χ0v) is 8.86. The molecule has 0 radical (unpaired) electrons. The molecule has 7 heteroatoms. The van der Waals surface area contributed by atoms with Gasteiger partial charge in [-0.05, 0) is 21.3 Å². The van der Waals surface area contributed by atoms with Crippen molar-refractivity contribution in [1.29, 1.82) is 0 Å². The van der Waals surface area contributed by atoms with E-state index < -0.39 is 15.6 Å². The fourth-order valence-electron chi connectivity index (χ4n) is 0.628. The molecule has 1 aromatic heterocycles. The summed E-state index contributed by atoms with van der Waals surface area (Å²) in [6, 6.07) is 0. The van der Waals surface area contributed by atoms with Crippen molar-refractivity contribution in [2.45, 2.75) is 5.44 Å². The Hall–Kier alpha value is 0.0500. The summed E-state index contributed by atoms with van der Waals surface area (Å²) in [5, 5.41) is 12.1. The monoisotopic (exact) mass is 272 g/mol. The molecule has 0 amide bonds. The molecule has 0 aromatic carbocycles. The average molecular weight is 273 g/mol. The van der Waals surface area contributed by atoms with Crippen LogP contribution in [0.2, 0.25) is 0 Å². The van der Waals surface area contributed by atoms with Crippen LogP contribution in [-0.4, -0.2) is 18.1 Å². The van der Waals surface area contributed by atoms with Crippen molar-refractivity contribution in [3.8, 4) is 0 Å². The summed E-state index contributed by atoms with van der Waals surface area (Å²) < 4.78 is 29.9. The number of rotatable bonds is 2. The summed E-state index contributed by atoms with van der Waals surface area (Å²) in [6.07, 6.45) is 0. The first-order valence-corrected chi connectivity index (χ1v) is 6.03. The van der Waals surface area contributed by atoms with Gasteiger partial charge in [-0.2, -0.15) is 19.8 Å². The number of thiophene rings is 1. The van der Waals surface area contributed by atoms with Gasteiger partial charge in [-0.1, -0.05) is 0 Å². The molecule has 1 heterocycles. The molecule has 1 rings (SSSR count). The quantitative estimate of drug-likeness (QED) is 0.798. The molecule has 0 aliphatic rings. The van der Waals surface area contributed by atoms with Gasteiger partial charge >= 0.3 is 0 Å². The molecule has 4 nitrogen and oxygen atoms in total. The van der Waals surface area contributed by atoms with Crippen molar-refractivity contribution in [2.75, 3.05) is 0 Å². The fraction of sp³-hybridized carbons (Fsp3) is 0.200. The molecule has 0 aliphatic heterocycles. The van der Waals surface area contributed by atoms with Crippen molar-refractivity contribution in [3.63, 3.8) is 0 Å². The summed E-state index contributed by atoms with van der Waals surface area (Å²) in [5.41, 5.74) is -1.71. The van der Waals surface area contributed by atoms with E-state index in [-0.39, 0.29) is 5.56 Å². The number of aliphatic hydroxyl groups is 1. The largest absolute Gasteiger partial charge is 0.371 e. The molecule has 2 N–H and O–H groups in total. The maximum Gasteiger partial charge on any atom is 0.296 e. The number of aliphatic hydroxyl groups excluding tert-OH is 1. The van der Waals surface area contributed by atoms with E-state index in [1.165, 1.54) is 16.7 Å². The van der Waals surface area contributed by atoms with Crippen LogP contribution in [0.5, 0.6) is 0 Å². The third-order valence-electron chi connectivity index (χ3n) is 1.19. The van der Waals surface area contributed by atoms with Gasteiger partial charge in [0.1, 0.15) is 0 Å². The molecule has 1 unspecified atom stereocenters. The Morgan fingerprint density at radius 3 is 2.42 bits per heavy atom. The van der Waals surface area contributed by atoms with Crippen LogP contribution in [0.4, 0.5) is 0 Å². The van der Waals surface area contributed by atoms with E-state index in [0.29, 0.717) is 4.47 Å². The third-order valence-corrected chi connectivity index (χ3v) is 3.76. The zero-order valence-electron chi connectivity index (χ0n) is 5.64. The molecule has 0 aliphatic carbocycles. The lowest BCUT2D eigenvalue weighted by Crippen LogP contribution is -2.10. The first-order chi connectivity index (χ1) is 5.43. The molecule has 0 fully saturated rings. The van der Waals surface area contributed by atoms with Crippen molar-refractivity contribution in [1.82, 2.24) is 0 Å². The molecule has 1 aromatic rings. The predicted molar refractivity (Wildman–Crippen MR) is 48.5 cm³/mol. The van der Waals surface area contributed by atoms with Gasteiger partial charge in [-0.25, -0.2) is 0 Å². The van der Waals surface area contributed by atoms with Crippen molar-refractivity contribution < 1.29 is 18.1 Å². The highest BCUT2D eigenvalue weighted by Crippen LogP contribution is 2.29. The van der Waals surface area contributed by atoms with E-state index >= 15 is 0 Å². The lowest BCUT2D eigenvalue weighted by molar-refractivity contribution is 0.238. The van der Waals surface area contributed by atoms with Crippen LogP contribution in [0.1, 0.15) is 11.0 Å². The molecular weight excluding hydrogens is 268 g/mol. The maximum absolute atomic E-state index is 10.5. The topological polar surface area (TPSA) is 74.6 Å². The van der Waals surface area contributed by atoms with Gasteiger partial charge in [0.2, 0.25) is 5.44 Å². The first kappa shape index (κ1) is 10.1. The van der Waals surface area contributed by atoms with Gasteiger partial charge < -0.3 is 5.11 Å². The van der Waals surface area contributed by atoms with Gasteiger partial charge in [0.05, 0.1) is 0 Å². The van der Waals surface area contributed by atoms with Crippen molar-refractivity contribution >= 4 is 37.4 Å². The van der Waals surface area contributed by atoms with E-state index in [9.17, 15) is 8.42 Å². The second-order valence-electron chi connectivity index (χ2n) is 2.04. The molecule has 0 saturated carbocycles. The lowest BCUT2D eigenvalue weighted by atomic mass is 10.4. The number of halogens is 1. The van der Waals surface area contributed by atoms with Crippen LogP contribution >= 0.6 is 27.3 Å². The highest BCUT2D eigenvalue weighted by atomic mass is 79.9. The summed E-state index contributed by atoms with van der Waals surface area (Å²) in [5.74, 6) is 0. The summed E-state index contributed by atoms with van der Waals surface area (Å²) in [4.78, 5) is 0. The van der Waals surface area contributed by atoms with Crippen molar-refractivity contribution in [2.24, 2.45) is 0 Å². The van der Waals surface area contributed by atoms with Gasteiger partial charge in [0.25, 0.3) is 10.1 Å². The van der Waals surface area contributed by atoms with Crippen molar-refractivity contribution in [3.05, 3.63) is 20.8 Å². The second kappa shape index (κ2) is 3.43. The molecule has 12 heavy (non-hydrogen) atoms. The molecule has 0 saturated heterocycles. The lowest BCUT2D eigenvalue weighted by Gasteiger charge is -2.04. The smallest absolute Gasteiger partial charge is 0.296 e. The minimum atomic E-state index is -4.42. The van der Waals surface area contributed by atoms with Crippen LogP contribution < -0.4 is 0 Å². The Morgan fingerprint density at radius 1 is 1.50 bits per heavy atom. The highest BCUT2D eigenvalue weighted by Gasteiger charge is 2.24. The van der Waals surface area contributed by atoms with E-state index in [2.05, 4.69) is 15.9 Å². The van der Waals surface area contributed by atoms with Gasteiger partial charge in [-0.15, -0.1) is 0 Å². The highest BCUT2D eigenvalue weighted by molar-refractivity contribution is 9.10. The Bertz CT molecular complexity index is 369. The SMILES string of the molecule is O=S(=O)(O)C(O)c1cscc1Br. The summed E-state index contributed by atoms with van der Waals surface area (Å²) >= 11 is 4.26. The first-order valence-electron chi connectivity index (χ1n) is 2.79. The molecule has 0 spiro atoms. The number of hydrogen-bond donors (Lipinski definition) is 2. The van der Waals surface area contributed by atoms with Crippen LogP contribution in [0, 0.1) is 0 Å². The third kappa shape index (κ3) is 2.05. The Kier molecular flexibility index (Phi) is 2.89. The van der Waals surface area contributed by atoms with E-state index in [0.717, 1.165) is 0 Å². The van der Waals surface area contributed by atoms with Crippen LogP contribution in [-0.2, 0) is 10.1 Å². The van der Waals surface area contributed by atoms with Gasteiger partial charge in [0, 0.05) is 15.4 Å². The van der Waals surface area contributed by atoms with Crippen LogP contribution in [0.15, 0.2) is 15.2 Å². The molecule has 0 bridgehead atoms. The Balaban J connectivity index is 3.09. The Morgan fingerprint density at radius 2 is 2.08 bits per heavy atom. The normalized spacial score (nSPS) is 14.6. The zero-order chi connectivity index (χ0) is 9.35. The van der Waals surface area contributed by atoms with Gasteiger partial charge in [-0.3, -0.25) is 4.55 Å². The molecule has 68 valence electrons. The maximum atomic E-state index is 10.5. The second-order valence-corrected chi connectivity index (χ2v) is 5.12. The average Bonchev–Trinajstić information content (AvgIpc) is 2.31. The number of hydrogen-bond acceptors (Lipinski definition) is 4. The van der Waals surface area contributed by atoms with Crippen LogP contribution in [0.3, 0.4) is 0 Å². The fourth-order valence-corrected chi connectivity index (χ4v) is 2.91. The van der Waals surface area contributed by atoms with Gasteiger partial charge in [0.15, 0.2) is 0 Å². The minimum absolute atomic E-state index is 0.155. The molecular formula is C5H5BrO4S2. The molecule has 1 atom stereocenters. The summed E-state index contributed by atoms with van der Waals surface area (Å²) in [7, 11) is -4.42. The van der Waals surface area contributed by atoms with E-state index in [1.807, 2.05) is 0 Å². The standard InChI is InChI=1S/C5H5BrO4S2/c6-4-2-11-1-3(4)5(7)12(8,9)10/h1-2,5,7H,(H,8,9,10). The predicted octanol–water partition coefficient (Wildman–Crippen LogP) is 1.39. The van der Waals surface area contributed by atoms with Crippen LogP contribution in [0.25, 0.3) is 0 Å². The summed E-state index contributed by atoms with van der Waals surface area (Å²) in [6.45, 7) is 0. The Labute approximate surface area is 81.7 Å². The van der Waals surface area contributed by atoms with E-state index in [4.69, 9.17) is 9.66 Å².